The molecule has 1 heterocycles. The molecule has 0 unspecified atom stereocenters. The third-order valence-corrected chi connectivity index (χ3v) is 3.50. The van der Waals surface area contributed by atoms with Gasteiger partial charge in [0.1, 0.15) is 5.75 Å². The van der Waals surface area contributed by atoms with Crippen molar-refractivity contribution < 1.29 is 9.53 Å². The van der Waals surface area contributed by atoms with Crippen LogP contribution in [-0.2, 0) is 11.2 Å². The summed E-state index contributed by atoms with van der Waals surface area (Å²) >= 11 is 0. The molecule has 0 saturated heterocycles. The van der Waals surface area contributed by atoms with E-state index in [9.17, 15) is 4.79 Å². The molecule has 20 heavy (non-hydrogen) atoms. The fourth-order valence-electron chi connectivity index (χ4n) is 2.45. The molecule has 4 nitrogen and oxygen atoms in total. The number of carbonyl (C=O) groups is 1. The Balaban J connectivity index is 2.12. The first kappa shape index (κ1) is 14.4. The summed E-state index contributed by atoms with van der Waals surface area (Å²) in [7, 11) is 1.67. The molecule has 0 fully saturated rings. The number of rotatable bonds is 6. The van der Waals surface area contributed by atoms with Gasteiger partial charge >= 0.3 is 0 Å². The number of methoxy groups -OCH3 is 1. The summed E-state index contributed by atoms with van der Waals surface area (Å²) in [5, 5.41) is 4.13. The number of carbonyl (C=O) groups excluding carboxylic acids is 1. The van der Waals surface area contributed by atoms with Crippen molar-refractivity contribution in [1.29, 1.82) is 0 Å². The van der Waals surface area contributed by atoms with Crippen molar-refractivity contribution in [3.63, 3.8) is 0 Å². The lowest BCUT2D eigenvalue weighted by Gasteiger charge is -2.05. The lowest BCUT2D eigenvalue weighted by molar-refractivity contribution is -0.121. The molecule has 0 saturated carbocycles. The van der Waals surface area contributed by atoms with Gasteiger partial charge in [0.15, 0.2) is 0 Å². The fourth-order valence-corrected chi connectivity index (χ4v) is 2.45. The van der Waals surface area contributed by atoms with E-state index in [1.54, 1.807) is 7.11 Å². The van der Waals surface area contributed by atoms with Crippen LogP contribution in [0.25, 0.3) is 10.9 Å². The van der Waals surface area contributed by atoms with Crippen molar-refractivity contribution in [3.05, 3.63) is 29.5 Å². The van der Waals surface area contributed by atoms with Crippen LogP contribution < -0.4 is 10.1 Å². The van der Waals surface area contributed by atoms with Gasteiger partial charge in [-0.05, 0) is 43.5 Å². The SMILES string of the molecule is CCCC(=O)NCCc1c(C)[nH]c2ccc(OC)cc12. The van der Waals surface area contributed by atoms with Gasteiger partial charge in [0, 0.05) is 29.6 Å². The summed E-state index contributed by atoms with van der Waals surface area (Å²) < 4.78 is 5.28. The highest BCUT2D eigenvalue weighted by atomic mass is 16.5. The van der Waals surface area contributed by atoms with E-state index in [1.165, 1.54) is 10.9 Å². The Morgan fingerprint density at radius 3 is 2.90 bits per heavy atom. The van der Waals surface area contributed by atoms with Gasteiger partial charge in [0.2, 0.25) is 5.91 Å². The highest BCUT2D eigenvalue weighted by Gasteiger charge is 2.09. The van der Waals surface area contributed by atoms with Gasteiger partial charge < -0.3 is 15.0 Å². The second kappa shape index (κ2) is 6.46. The molecule has 0 spiro atoms. The lowest BCUT2D eigenvalue weighted by Crippen LogP contribution is -2.25. The molecule has 0 aliphatic carbocycles. The maximum Gasteiger partial charge on any atom is 0.219 e. The van der Waals surface area contributed by atoms with Crippen LogP contribution in [-0.4, -0.2) is 24.5 Å². The van der Waals surface area contributed by atoms with Gasteiger partial charge in [0.25, 0.3) is 0 Å². The standard InChI is InChI=1S/C16H22N2O2/c1-4-5-16(19)17-9-8-13-11(2)18-15-7-6-12(20-3)10-14(13)15/h6-7,10,18H,4-5,8-9H2,1-3H3,(H,17,19). The molecule has 2 N–H and O–H groups in total. The number of aryl methyl sites for hydroxylation is 1. The highest BCUT2D eigenvalue weighted by Crippen LogP contribution is 2.26. The van der Waals surface area contributed by atoms with E-state index in [4.69, 9.17) is 4.74 Å². The summed E-state index contributed by atoms with van der Waals surface area (Å²) in [6.07, 6.45) is 2.31. The van der Waals surface area contributed by atoms with Crippen LogP contribution in [0.4, 0.5) is 0 Å². The Bertz CT molecular complexity index is 602. The van der Waals surface area contributed by atoms with Crippen LogP contribution in [0, 0.1) is 6.92 Å². The monoisotopic (exact) mass is 274 g/mol. The van der Waals surface area contributed by atoms with Gasteiger partial charge in [-0.1, -0.05) is 6.92 Å². The molecular formula is C16H22N2O2. The number of hydrogen-bond donors (Lipinski definition) is 2. The smallest absolute Gasteiger partial charge is 0.219 e. The van der Waals surface area contributed by atoms with Gasteiger partial charge in [0.05, 0.1) is 7.11 Å². The quantitative estimate of drug-likeness (QED) is 0.851. The van der Waals surface area contributed by atoms with Crippen LogP contribution in [0.15, 0.2) is 18.2 Å². The number of aromatic nitrogens is 1. The number of nitrogens with one attached hydrogen (secondary N) is 2. The fraction of sp³-hybridized carbons (Fsp3) is 0.438. The third-order valence-electron chi connectivity index (χ3n) is 3.50. The van der Waals surface area contributed by atoms with Gasteiger partial charge in [-0.3, -0.25) is 4.79 Å². The van der Waals surface area contributed by atoms with Gasteiger partial charge in [-0.15, -0.1) is 0 Å². The summed E-state index contributed by atoms with van der Waals surface area (Å²) in [5.41, 5.74) is 3.51. The number of fused-ring (bicyclic) bond motifs is 1. The van der Waals surface area contributed by atoms with Crippen LogP contribution >= 0.6 is 0 Å². The zero-order valence-electron chi connectivity index (χ0n) is 12.4. The van der Waals surface area contributed by atoms with Crippen LogP contribution in [0.1, 0.15) is 31.0 Å². The molecule has 0 radical (unpaired) electrons. The number of H-pyrrole nitrogens is 1. The molecule has 2 aromatic rings. The predicted octanol–water partition coefficient (Wildman–Crippen LogP) is 2.94. The Kier molecular flexibility index (Phi) is 4.66. The summed E-state index contributed by atoms with van der Waals surface area (Å²) in [6, 6.07) is 6.02. The van der Waals surface area contributed by atoms with Crippen molar-refractivity contribution in [1.82, 2.24) is 10.3 Å². The second-order valence-electron chi connectivity index (χ2n) is 4.99. The Morgan fingerprint density at radius 2 is 2.20 bits per heavy atom. The van der Waals surface area contributed by atoms with E-state index in [2.05, 4.69) is 17.2 Å². The van der Waals surface area contributed by atoms with E-state index >= 15 is 0 Å². The molecule has 0 bridgehead atoms. The van der Waals surface area contributed by atoms with Gasteiger partial charge in [-0.25, -0.2) is 0 Å². The second-order valence-corrected chi connectivity index (χ2v) is 4.99. The number of hydrogen-bond acceptors (Lipinski definition) is 2. The van der Waals surface area contributed by atoms with Gasteiger partial charge in [-0.2, -0.15) is 0 Å². The van der Waals surface area contributed by atoms with E-state index in [1.807, 2.05) is 25.1 Å². The minimum atomic E-state index is 0.127. The van der Waals surface area contributed by atoms with Crippen molar-refractivity contribution in [2.24, 2.45) is 0 Å². The zero-order valence-corrected chi connectivity index (χ0v) is 12.4. The Morgan fingerprint density at radius 1 is 1.40 bits per heavy atom. The predicted molar refractivity (Wildman–Crippen MR) is 81.2 cm³/mol. The largest absolute Gasteiger partial charge is 0.497 e. The van der Waals surface area contributed by atoms with E-state index in [0.717, 1.165) is 29.8 Å². The average Bonchev–Trinajstić information content (AvgIpc) is 2.74. The first-order chi connectivity index (χ1) is 9.65. The highest BCUT2D eigenvalue weighted by molar-refractivity contribution is 5.86. The molecule has 0 aliphatic rings. The minimum absolute atomic E-state index is 0.127. The van der Waals surface area contributed by atoms with Crippen molar-refractivity contribution in [2.45, 2.75) is 33.1 Å². The first-order valence-corrected chi connectivity index (χ1v) is 7.07. The molecule has 4 heteroatoms. The maximum atomic E-state index is 11.5. The van der Waals surface area contributed by atoms with E-state index < -0.39 is 0 Å². The Labute approximate surface area is 119 Å². The minimum Gasteiger partial charge on any atom is -0.497 e. The summed E-state index contributed by atoms with van der Waals surface area (Å²) in [4.78, 5) is 14.9. The van der Waals surface area contributed by atoms with Crippen LogP contribution in [0.2, 0.25) is 0 Å². The molecule has 1 aromatic carbocycles. The van der Waals surface area contributed by atoms with E-state index in [-0.39, 0.29) is 5.91 Å². The molecule has 0 aliphatic heterocycles. The molecule has 0 atom stereocenters. The summed E-state index contributed by atoms with van der Waals surface area (Å²) in [5.74, 6) is 0.982. The normalized spacial score (nSPS) is 10.8. The van der Waals surface area contributed by atoms with Crippen LogP contribution in [0.5, 0.6) is 5.75 Å². The Hall–Kier alpha value is -1.97. The van der Waals surface area contributed by atoms with E-state index in [0.29, 0.717) is 13.0 Å². The first-order valence-electron chi connectivity index (χ1n) is 7.07. The number of ether oxygens (including phenoxy) is 1. The summed E-state index contributed by atoms with van der Waals surface area (Å²) in [6.45, 7) is 4.75. The number of aromatic amines is 1. The van der Waals surface area contributed by atoms with Crippen molar-refractivity contribution >= 4 is 16.8 Å². The molecular weight excluding hydrogens is 252 g/mol. The molecule has 1 amide bonds. The molecule has 108 valence electrons. The zero-order chi connectivity index (χ0) is 14.5. The number of amides is 1. The lowest BCUT2D eigenvalue weighted by atomic mass is 10.1. The van der Waals surface area contributed by atoms with Crippen molar-refractivity contribution in [2.75, 3.05) is 13.7 Å². The molecule has 1 aromatic heterocycles. The van der Waals surface area contributed by atoms with Crippen LogP contribution in [0.3, 0.4) is 0 Å². The van der Waals surface area contributed by atoms with Crippen molar-refractivity contribution in [3.8, 4) is 5.75 Å². The topological polar surface area (TPSA) is 54.1 Å². The average molecular weight is 274 g/mol. The molecule has 2 rings (SSSR count). The third kappa shape index (κ3) is 3.13. The maximum absolute atomic E-state index is 11.5. The number of benzene rings is 1.